The summed E-state index contributed by atoms with van der Waals surface area (Å²) in [6.45, 7) is 0. The summed E-state index contributed by atoms with van der Waals surface area (Å²) in [4.78, 5) is 27.2. The van der Waals surface area contributed by atoms with Crippen molar-refractivity contribution in [2.24, 2.45) is 23.2 Å². The molecule has 4 fully saturated rings. The average molecular weight is 440 g/mol. The molecule has 8 heteroatoms. The van der Waals surface area contributed by atoms with Gasteiger partial charge in [-0.05, 0) is 79.9 Å². The second kappa shape index (κ2) is 6.53. The Bertz CT molecular complexity index is 1200. The van der Waals surface area contributed by atoms with Gasteiger partial charge in [0.15, 0.2) is 0 Å². The van der Waals surface area contributed by atoms with E-state index >= 15 is 0 Å². The van der Waals surface area contributed by atoms with E-state index in [2.05, 4.69) is 15.6 Å². The van der Waals surface area contributed by atoms with Crippen LogP contribution in [0.25, 0.3) is 10.8 Å². The second-order valence-corrected chi connectivity index (χ2v) is 11.7. The number of hydrazine groups is 1. The molecule has 0 atom stereocenters. The van der Waals surface area contributed by atoms with Crippen molar-refractivity contribution in [3.63, 3.8) is 0 Å². The summed E-state index contributed by atoms with van der Waals surface area (Å²) in [7, 11) is -3.99. The highest BCUT2D eigenvalue weighted by atomic mass is 32.2. The third-order valence-electron chi connectivity index (χ3n) is 7.81. The maximum atomic E-state index is 13.0. The normalized spacial score (nSPS) is 30.6. The van der Waals surface area contributed by atoms with Gasteiger partial charge in [0.05, 0.1) is 4.90 Å². The van der Waals surface area contributed by atoms with Crippen molar-refractivity contribution in [3.05, 3.63) is 35.9 Å². The first kappa shape index (κ1) is 19.3. The standard InChI is InChI=1S/C23H25N3O4S/c27-20(12-23-9-13-6-14(10-23)8-15(7-13)11-23)25-26-31(29,30)19-5-4-18-21-16(19)2-1-3-17(21)22(28)24-18/h1-5,13-15,26H,6-12H2,(H,24,28)(H,25,27). The van der Waals surface area contributed by atoms with E-state index in [1.54, 1.807) is 24.3 Å². The number of hydrogen-bond acceptors (Lipinski definition) is 4. The van der Waals surface area contributed by atoms with Gasteiger partial charge in [0, 0.05) is 28.4 Å². The molecule has 4 saturated carbocycles. The number of amides is 2. The summed E-state index contributed by atoms with van der Waals surface area (Å²) >= 11 is 0. The van der Waals surface area contributed by atoms with Crippen LogP contribution in [0.2, 0.25) is 0 Å². The van der Waals surface area contributed by atoms with E-state index in [4.69, 9.17) is 0 Å². The second-order valence-electron chi connectivity index (χ2n) is 10.0. The minimum Gasteiger partial charge on any atom is -0.321 e. The summed E-state index contributed by atoms with van der Waals surface area (Å²) in [6, 6.07) is 8.06. The molecule has 2 aromatic carbocycles. The lowest BCUT2D eigenvalue weighted by Gasteiger charge is -2.56. The molecule has 3 N–H and O–H groups in total. The highest BCUT2D eigenvalue weighted by Gasteiger charge is 2.51. The van der Waals surface area contributed by atoms with E-state index in [-0.39, 0.29) is 22.1 Å². The van der Waals surface area contributed by atoms with Crippen LogP contribution < -0.4 is 15.6 Å². The Kier molecular flexibility index (Phi) is 4.05. The van der Waals surface area contributed by atoms with E-state index < -0.39 is 10.0 Å². The van der Waals surface area contributed by atoms with Gasteiger partial charge in [0.1, 0.15) is 0 Å². The molecule has 0 saturated heterocycles. The van der Waals surface area contributed by atoms with Gasteiger partial charge in [-0.3, -0.25) is 15.0 Å². The number of carbonyl (C=O) groups is 2. The zero-order chi connectivity index (χ0) is 21.4. The van der Waals surface area contributed by atoms with Crippen molar-refractivity contribution in [2.75, 3.05) is 5.32 Å². The molecule has 2 aromatic rings. The topological polar surface area (TPSA) is 104 Å². The molecule has 1 heterocycles. The molecule has 7 nitrogen and oxygen atoms in total. The summed E-state index contributed by atoms with van der Waals surface area (Å²) in [5, 5.41) is 3.80. The molecule has 2 amide bonds. The summed E-state index contributed by atoms with van der Waals surface area (Å²) in [5.74, 6) is 1.70. The Hall–Kier alpha value is -2.45. The number of nitrogens with one attached hydrogen (secondary N) is 3. The van der Waals surface area contributed by atoms with Crippen molar-refractivity contribution in [2.45, 2.75) is 49.8 Å². The minimum atomic E-state index is -3.99. The third kappa shape index (κ3) is 3.07. The van der Waals surface area contributed by atoms with Gasteiger partial charge in [-0.1, -0.05) is 12.1 Å². The van der Waals surface area contributed by atoms with Gasteiger partial charge in [0.25, 0.3) is 15.9 Å². The first-order valence-corrected chi connectivity index (χ1v) is 12.5. The zero-order valence-corrected chi connectivity index (χ0v) is 17.9. The van der Waals surface area contributed by atoms with Crippen LogP contribution in [0.3, 0.4) is 0 Å². The van der Waals surface area contributed by atoms with Crippen molar-refractivity contribution in [1.29, 1.82) is 0 Å². The first-order valence-electron chi connectivity index (χ1n) is 11.0. The fraction of sp³-hybridized carbons (Fsp3) is 0.478. The molecule has 0 radical (unpaired) electrons. The first-order chi connectivity index (χ1) is 14.8. The van der Waals surface area contributed by atoms with Crippen LogP contribution in [-0.2, 0) is 14.8 Å². The molecule has 162 valence electrons. The van der Waals surface area contributed by atoms with Crippen molar-refractivity contribution in [1.82, 2.24) is 10.3 Å². The predicted molar refractivity (Wildman–Crippen MR) is 116 cm³/mol. The maximum Gasteiger partial charge on any atom is 0.257 e. The van der Waals surface area contributed by atoms with Gasteiger partial charge >= 0.3 is 0 Å². The Morgan fingerprint density at radius 3 is 2.39 bits per heavy atom. The fourth-order valence-electron chi connectivity index (χ4n) is 7.17. The van der Waals surface area contributed by atoms with E-state index in [0.29, 0.717) is 28.4 Å². The van der Waals surface area contributed by atoms with Crippen LogP contribution in [0.5, 0.6) is 0 Å². The van der Waals surface area contributed by atoms with Crippen molar-refractivity contribution < 1.29 is 18.0 Å². The Morgan fingerprint density at radius 2 is 1.71 bits per heavy atom. The van der Waals surface area contributed by atoms with Crippen LogP contribution in [0.4, 0.5) is 5.69 Å². The molecule has 7 rings (SSSR count). The van der Waals surface area contributed by atoms with Gasteiger partial charge in [-0.15, -0.1) is 4.83 Å². The van der Waals surface area contributed by atoms with Crippen molar-refractivity contribution in [3.8, 4) is 0 Å². The average Bonchev–Trinajstić information content (AvgIpc) is 3.03. The molecule has 5 aliphatic rings. The SMILES string of the molecule is O=C(CC12CC3CC(CC(C3)C1)C2)NNS(=O)(=O)c1ccc2c3c(cccc13)C(=O)N2. The third-order valence-corrected chi connectivity index (χ3v) is 9.11. The number of anilines is 1. The number of benzene rings is 2. The number of carbonyl (C=O) groups excluding carboxylic acids is 2. The molecule has 4 aliphatic carbocycles. The largest absolute Gasteiger partial charge is 0.321 e. The van der Waals surface area contributed by atoms with Crippen molar-refractivity contribution >= 4 is 38.3 Å². The summed E-state index contributed by atoms with van der Waals surface area (Å²) < 4.78 is 26.0. The van der Waals surface area contributed by atoms with E-state index in [1.807, 2.05) is 0 Å². The maximum absolute atomic E-state index is 13.0. The minimum absolute atomic E-state index is 0.0400. The highest BCUT2D eigenvalue weighted by Crippen LogP contribution is 2.61. The molecule has 0 spiro atoms. The zero-order valence-electron chi connectivity index (χ0n) is 17.1. The fourth-order valence-corrected chi connectivity index (χ4v) is 8.23. The lowest BCUT2D eigenvalue weighted by atomic mass is 9.49. The van der Waals surface area contributed by atoms with Gasteiger partial charge in [0.2, 0.25) is 5.91 Å². The molecule has 0 aromatic heterocycles. The number of hydrogen-bond donors (Lipinski definition) is 3. The Balaban J connectivity index is 1.21. The van der Waals surface area contributed by atoms with Crippen LogP contribution >= 0.6 is 0 Å². The smallest absolute Gasteiger partial charge is 0.257 e. The van der Waals surface area contributed by atoms with E-state index in [9.17, 15) is 18.0 Å². The Labute approximate surface area is 181 Å². The lowest BCUT2D eigenvalue weighted by molar-refractivity contribution is -0.129. The van der Waals surface area contributed by atoms with Crippen LogP contribution in [-0.4, -0.2) is 20.2 Å². The van der Waals surface area contributed by atoms with E-state index in [0.717, 1.165) is 37.0 Å². The monoisotopic (exact) mass is 439 g/mol. The van der Waals surface area contributed by atoms with Crippen LogP contribution in [0, 0.1) is 23.2 Å². The number of rotatable bonds is 5. The highest BCUT2D eigenvalue weighted by molar-refractivity contribution is 7.89. The van der Waals surface area contributed by atoms with Crippen LogP contribution in [0.15, 0.2) is 35.2 Å². The van der Waals surface area contributed by atoms with Gasteiger partial charge in [-0.25, -0.2) is 8.42 Å². The molecule has 0 unspecified atom stereocenters. The quantitative estimate of drug-likeness (QED) is 0.622. The van der Waals surface area contributed by atoms with Crippen LogP contribution in [0.1, 0.15) is 55.3 Å². The number of sulfonamides is 1. The Morgan fingerprint density at radius 1 is 1.03 bits per heavy atom. The predicted octanol–water partition coefficient (Wildman–Crippen LogP) is 3.32. The van der Waals surface area contributed by atoms with Gasteiger partial charge in [-0.2, -0.15) is 0 Å². The molecule has 1 aliphatic heterocycles. The molecule has 31 heavy (non-hydrogen) atoms. The molecule has 4 bridgehead atoms. The molecular formula is C23H25N3O4S. The lowest BCUT2D eigenvalue weighted by Crippen LogP contribution is -2.50. The van der Waals surface area contributed by atoms with E-state index in [1.165, 1.54) is 25.3 Å². The van der Waals surface area contributed by atoms with Gasteiger partial charge < -0.3 is 5.32 Å². The molecular weight excluding hydrogens is 414 g/mol. The summed E-state index contributed by atoms with van der Waals surface area (Å²) in [6.07, 6.45) is 7.56. The summed E-state index contributed by atoms with van der Waals surface area (Å²) in [5.41, 5.74) is 3.55.